The fourth-order valence-corrected chi connectivity index (χ4v) is 5.53. The SMILES string of the molecule is COc1ccc(C)c2sc(N3CC4CN(c5ncccc5C#N)CC4C3)nc12. The summed E-state index contributed by atoms with van der Waals surface area (Å²) >= 11 is 1.76. The molecule has 0 radical (unpaired) electrons. The fraction of sp³-hybridized carbons (Fsp3) is 0.381. The van der Waals surface area contributed by atoms with E-state index in [1.165, 1.54) is 10.3 Å². The molecule has 2 aliphatic heterocycles. The Kier molecular flexibility index (Phi) is 4.09. The Balaban J connectivity index is 1.37. The lowest BCUT2D eigenvalue weighted by Crippen LogP contribution is -2.29. The van der Waals surface area contributed by atoms with Crippen LogP contribution in [0, 0.1) is 30.1 Å². The van der Waals surface area contributed by atoms with Crippen molar-refractivity contribution in [2.75, 3.05) is 43.1 Å². The highest BCUT2D eigenvalue weighted by atomic mass is 32.1. The molecule has 5 rings (SSSR count). The zero-order chi connectivity index (χ0) is 19.3. The van der Waals surface area contributed by atoms with Crippen LogP contribution < -0.4 is 14.5 Å². The molecule has 0 aliphatic carbocycles. The van der Waals surface area contributed by atoms with Crippen LogP contribution in [0.1, 0.15) is 11.1 Å². The van der Waals surface area contributed by atoms with E-state index in [-0.39, 0.29) is 0 Å². The van der Waals surface area contributed by atoms with Crippen molar-refractivity contribution in [1.29, 1.82) is 5.26 Å². The number of hydrogen-bond donors (Lipinski definition) is 0. The van der Waals surface area contributed by atoms with Gasteiger partial charge < -0.3 is 14.5 Å². The molecule has 6 nitrogen and oxygen atoms in total. The van der Waals surface area contributed by atoms with E-state index in [1.54, 1.807) is 24.6 Å². The smallest absolute Gasteiger partial charge is 0.186 e. The number of pyridine rings is 1. The number of ether oxygens (including phenoxy) is 1. The molecule has 4 heterocycles. The molecule has 0 spiro atoms. The largest absolute Gasteiger partial charge is 0.494 e. The number of aromatic nitrogens is 2. The second-order valence-electron chi connectivity index (χ2n) is 7.58. The zero-order valence-electron chi connectivity index (χ0n) is 15.9. The Hall–Kier alpha value is -2.85. The number of fused-ring (bicyclic) bond motifs is 2. The highest BCUT2D eigenvalue weighted by Crippen LogP contribution is 2.41. The van der Waals surface area contributed by atoms with Crippen LogP contribution in [0.3, 0.4) is 0 Å². The lowest BCUT2D eigenvalue weighted by atomic mass is 10.0. The number of methoxy groups -OCH3 is 1. The predicted octanol–water partition coefficient (Wildman–Crippen LogP) is 3.45. The summed E-state index contributed by atoms with van der Waals surface area (Å²) in [4.78, 5) is 14.1. The second kappa shape index (κ2) is 6.64. The van der Waals surface area contributed by atoms with Crippen LogP contribution in [0.4, 0.5) is 10.9 Å². The molecule has 2 aromatic heterocycles. The highest BCUT2D eigenvalue weighted by molar-refractivity contribution is 7.22. The molecule has 3 aromatic rings. The minimum Gasteiger partial charge on any atom is -0.494 e. The lowest BCUT2D eigenvalue weighted by molar-refractivity contribution is 0.419. The van der Waals surface area contributed by atoms with Crippen molar-refractivity contribution in [3.63, 3.8) is 0 Å². The first-order valence-corrected chi connectivity index (χ1v) is 10.3. The van der Waals surface area contributed by atoms with Crippen molar-refractivity contribution in [1.82, 2.24) is 9.97 Å². The van der Waals surface area contributed by atoms with E-state index in [2.05, 4.69) is 33.8 Å². The average molecular weight is 392 g/mol. The first-order chi connectivity index (χ1) is 13.7. The van der Waals surface area contributed by atoms with Gasteiger partial charge in [0.05, 0.1) is 17.4 Å². The third-order valence-electron chi connectivity index (χ3n) is 5.88. The minimum absolute atomic E-state index is 0.573. The van der Waals surface area contributed by atoms with Gasteiger partial charge in [-0.15, -0.1) is 0 Å². The fourth-order valence-electron chi connectivity index (χ4n) is 4.46. The molecule has 7 heteroatoms. The van der Waals surface area contributed by atoms with Gasteiger partial charge in [-0.3, -0.25) is 0 Å². The van der Waals surface area contributed by atoms with Crippen molar-refractivity contribution in [2.45, 2.75) is 6.92 Å². The molecular weight excluding hydrogens is 370 g/mol. The molecule has 0 amide bonds. The number of nitriles is 1. The van der Waals surface area contributed by atoms with E-state index < -0.39 is 0 Å². The van der Waals surface area contributed by atoms with Crippen molar-refractivity contribution < 1.29 is 4.74 Å². The number of nitrogens with zero attached hydrogens (tertiary/aromatic N) is 5. The monoisotopic (exact) mass is 391 g/mol. The maximum Gasteiger partial charge on any atom is 0.186 e. The molecule has 2 aliphatic rings. The van der Waals surface area contributed by atoms with Crippen molar-refractivity contribution in [2.24, 2.45) is 11.8 Å². The van der Waals surface area contributed by atoms with Crippen LogP contribution >= 0.6 is 11.3 Å². The van der Waals surface area contributed by atoms with E-state index in [0.29, 0.717) is 17.4 Å². The first kappa shape index (κ1) is 17.3. The summed E-state index contributed by atoms with van der Waals surface area (Å²) in [5, 5.41) is 10.4. The Morgan fingerprint density at radius 3 is 2.61 bits per heavy atom. The molecule has 2 saturated heterocycles. The van der Waals surface area contributed by atoms with Crippen LogP contribution in [-0.2, 0) is 0 Å². The minimum atomic E-state index is 0.573. The molecule has 2 unspecified atom stereocenters. The summed E-state index contributed by atoms with van der Waals surface area (Å²) in [6.45, 7) is 6.01. The van der Waals surface area contributed by atoms with Crippen LogP contribution in [-0.4, -0.2) is 43.3 Å². The number of thiazole rings is 1. The van der Waals surface area contributed by atoms with E-state index >= 15 is 0 Å². The normalized spacial score (nSPS) is 21.2. The van der Waals surface area contributed by atoms with Gasteiger partial charge in [0.25, 0.3) is 0 Å². The van der Waals surface area contributed by atoms with Gasteiger partial charge in [0.1, 0.15) is 23.2 Å². The third kappa shape index (κ3) is 2.68. The molecule has 0 bridgehead atoms. The summed E-state index contributed by atoms with van der Waals surface area (Å²) < 4.78 is 6.71. The molecule has 0 saturated carbocycles. The molecule has 2 fully saturated rings. The van der Waals surface area contributed by atoms with Crippen LogP contribution in [0.5, 0.6) is 5.75 Å². The molecule has 28 heavy (non-hydrogen) atoms. The number of anilines is 2. The Morgan fingerprint density at radius 1 is 1.14 bits per heavy atom. The van der Waals surface area contributed by atoms with Crippen molar-refractivity contribution in [3.05, 3.63) is 41.6 Å². The molecule has 2 atom stereocenters. The summed E-state index contributed by atoms with van der Waals surface area (Å²) in [6, 6.07) is 10.0. The first-order valence-electron chi connectivity index (χ1n) is 9.47. The summed E-state index contributed by atoms with van der Waals surface area (Å²) in [6.07, 6.45) is 1.77. The van der Waals surface area contributed by atoms with Gasteiger partial charge in [0.15, 0.2) is 5.13 Å². The number of benzene rings is 1. The van der Waals surface area contributed by atoms with Gasteiger partial charge in [-0.25, -0.2) is 9.97 Å². The van der Waals surface area contributed by atoms with Crippen molar-refractivity contribution in [3.8, 4) is 11.8 Å². The van der Waals surface area contributed by atoms with Crippen LogP contribution in [0.15, 0.2) is 30.5 Å². The van der Waals surface area contributed by atoms with E-state index in [9.17, 15) is 5.26 Å². The van der Waals surface area contributed by atoms with E-state index in [4.69, 9.17) is 9.72 Å². The van der Waals surface area contributed by atoms with Crippen LogP contribution in [0.25, 0.3) is 10.2 Å². The van der Waals surface area contributed by atoms with Crippen molar-refractivity contribution >= 4 is 32.5 Å². The Labute approximate surface area is 168 Å². The maximum atomic E-state index is 9.36. The van der Waals surface area contributed by atoms with Gasteiger partial charge in [-0.2, -0.15) is 5.26 Å². The maximum absolute atomic E-state index is 9.36. The standard InChI is InChI=1S/C21H21N5OS/c1-13-5-6-17(27-2)18-19(13)28-21(24-18)26-11-15-9-25(10-16(15)12-26)20-14(8-22)4-3-7-23-20/h3-7,15-16H,9-12H2,1-2H3. The number of rotatable bonds is 3. The zero-order valence-corrected chi connectivity index (χ0v) is 16.7. The average Bonchev–Trinajstić information content (AvgIpc) is 3.41. The quantitative estimate of drug-likeness (QED) is 0.681. The van der Waals surface area contributed by atoms with Gasteiger partial charge in [-0.1, -0.05) is 17.4 Å². The topological polar surface area (TPSA) is 65.3 Å². The highest BCUT2D eigenvalue weighted by Gasteiger charge is 2.41. The molecule has 0 N–H and O–H groups in total. The van der Waals surface area contributed by atoms with Crippen LogP contribution in [0.2, 0.25) is 0 Å². The second-order valence-corrected chi connectivity index (χ2v) is 8.55. The number of hydrogen-bond acceptors (Lipinski definition) is 7. The Bertz CT molecular complexity index is 1070. The van der Waals surface area contributed by atoms with Gasteiger partial charge in [-0.05, 0) is 30.7 Å². The number of aryl methyl sites for hydroxylation is 1. The predicted molar refractivity (Wildman–Crippen MR) is 111 cm³/mol. The molecule has 1 aromatic carbocycles. The van der Waals surface area contributed by atoms with E-state index in [1.807, 2.05) is 18.2 Å². The summed E-state index contributed by atoms with van der Waals surface area (Å²) in [5.74, 6) is 2.81. The van der Waals surface area contributed by atoms with Gasteiger partial charge >= 0.3 is 0 Å². The summed E-state index contributed by atoms with van der Waals surface area (Å²) in [5.41, 5.74) is 2.87. The summed E-state index contributed by atoms with van der Waals surface area (Å²) in [7, 11) is 1.70. The lowest BCUT2D eigenvalue weighted by Gasteiger charge is -2.22. The molecule has 142 valence electrons. The Morgan fingerprint density at radius 2 is 1.89 bits per heavy atom. The molecular formula is C21H21N5OS. The van der Waals surface area contributed by atoms with Gasteiger partial charge in [0, 0.05) is 44.2 Å². The van der Waals surface area contributed by atoms with Gasteiger partial charge in [0.2, 0.25) is 0 Å². The van der Waals surface area contributed by atoms with E-state index in [0.717, 1.165) is 48.4 Å². The third-order valence-corrected chi connectivity index (χ3v) is 7.13.